The summed E-state index contributed by atoms with van der Waals surface area (Å²) < 4.78 is 11.2. The molecule has 0 aliphatic carbocycles. The molecule has 1 rings (SSSR count). The molecule has 8 unspecified atom stereocenters. The van der Waals surface area contributed by atoms with Crippen molar-refractivity contribution in [2.45, 2.75) is 352 Å². The molecular formula is C64H121NO9. The Morgan fingerprint density at radius 1 is 0.459 bits per heavy atom. The molecule has 7 N–H and O–H groups in total. The van der Waals surface area contributed by atoms with E-state index in [9.17, 15) is 35.4 Å². The molecule has 1 aliphatic rings. The van der Waals surface area contributed by atoms with Crippen LogP contribution in [-0.4, -0.2) is 98.7 Å². The zero-order valence-corrected chi connectivity index (χ0v) is 48.2. The van der Waals surface area contributed by atoms with Crippen molar-refractivity contribution in [1.82, 2.24) is 5.32 Å². The SMILES string of the molecule is CCCCCCC/C=C/CC/C=C/C(O)C(COC1OC(CO)C(O)C(O)C1O)NC(=O)C(O)CCCCCCCCCCCCCCCCCC/C=C\CCCCCCCCCCCCCCCCCCCC. The van der Waals surface area contributed by atoms with Crippen LogP contribution in [0.5, 0.6) is 0 Å². The normalized spacial score (nSPS) is 19.6. The maximum atomic E-state index is 13.1. The largest absolute Gasteiger partial charge is 0.394 e. The van der Waals surface area contributed by atoms with Crippen molar-refractivity contribution in [3.63, 3.8) is 0 Å². The minimum absolute atomic E-state index is 0.306. The maximum absolute atomic E-state index is 13.1. The molecule has 436 valence electrons. The predicted molar refractivity (Wildman–Crippen MR) is 310 cm³/mol. The standard InChI is InChI=1S/C64H121NO9/c1-3-5-7-9-11-13-15-16-17-18-19-20-21-22-23-24-25-26-27-28-29-30-31-32-33-34-35-36-37-38-39-40-41-43-45-47-49-51-53-58(68)63(72)65-56(55-73-64-62(71)61(70)60(69)59(54-66)74-64)57(67)52-50-48-46-44-42-14-12-10-8-6-4-2/h28-29,42,44,50,52,56-62,64,66-71H,3-27,30-41,43,45-49,51,53-55H2,1-2H3,(H,65,72)/b29-28-,44-42+,52-50+. The minimum atomic E-state index is -1.61. The second-order valence-electron chi connectivity index (χ2n) is 22.3. The molecule has 0 aromatic rings. The predicted octanol–water partition coefficient (Wildman–Crippen LogP) is 15.3. The van der Waals surface area contributed by atoms with Crippen LogP contribution in [0, 0.1) is 0 Å². The second kappa shape index (κ2) is 53.4. The Labute approximate surface area is 455 Å². The molecule has 8 atom stereocenters. The minimum Gasteiger partial charge on any atom is -0.394 e. The molecule has 1 saturated heterocycles. The van der Waals surface area contributed by atoms with E-state index in [4.69, 9.17) is 9.47 Å². The van der Waals surface area contributed by atoms with Crippen LogP contribution in [0.15, 0.2) is 36.5 Å². The number of aliphatic hydroxyl groups excluding tert-OH is 6. The molecule has 74 heavy (non-hydrogen) atoms. The lowest BCUT2D eigenvalue weighted by molar-refractivity contribution is -0.302. The number of ether oxygens (including phenoxy) is 2. The van der Waals surface area contributed by atoms with Gasteiger partial charge in [0.1, 0.15) is 30.5 Å². The highest BCUT2D eigenvalue weighted by atomic mass is 16.7. The van der Waals surface area contributed by atoms with Crippen molar-refractivity contribution in [2.75, 3.05) is 13.2 Å². The number of carbonyl (C=O) groups excluding carboxylic acids is 1. The van der Waals surface area contributed by atoms with Crippen molar-refractivity contribution in [3.05, 3.63) is 36.5 Å². The zero-order valence-electron chi connectivity index (χ0n) is 48.2. The Morgan fingerprint density at radius 3 is 1.18 bits per heavy atom. The van der Waals surface area contributed by atoms with Gasteiger partial charge in [-0.1, -0.05) is 281 Å². The van der Waals surface area contributed by atoms with E-state index in [-0.39, 0.29) is 6.61 Å². The number of nitrogens with one attached hydrogen (secondary N) is 1. The van der Waals surface area contributed by atoms with Gasteiger partial charge in [0.2, 0.25) is 5.91 Å². The van der Waals surface area contributed by atoms with Crippen LogP contribution in [0.2, 0.25) is 0 Å². The van der Waals surface area contributed by atoms with Gasteiger partial charge in [0, 0.05) is 0 Å². The monoisotopic (exact) mass is 1050 g/mol. The summed E-state index contributed by atoms with van der Waals surface area (Å²) in [4.78, 5) is 13.1. The van der Waals surface area contributed by atoms with Gasteiger partial charge in [0.05, 0.1) is 25.4 Å². The lowest BCUT2D eigenvalue weighted by Crippen LogP contribution is -2.60. The molecule has 0 aromatic heterocycles. The highest BCUT2D eigenvalue weighted by Gasteiger charge is 2.44. The number of rotatable bonds is 55. The van der Waals surface area contributed by atoms with Gasteiger partial charge in [0.25, 0.3) is 0 Å². The molecule has 1 amide bonds. The lowest BCUT2D eigenvalue weighted by atomic mass is 9.99. The molecule has 0 bridgehead atoms. The molecule has 10 nitrogen and oxygen atoms in total. The molecule has 1 heterocycles. The number of aliphatic hydroxyl groups is 6. The number of allylic oxidation sites excluding steroid dienone is 5. The number of unbranched alkanes of at least 4 members (excludes halogenated alkanes) is 40. The van der Waals surface area contributed by atoms with E-state index < -0.39 is 61.5 Å². The average Bonchev–Trinajstić information content (AvgIpc) is 3.40. The van der Waals surface area contributed by atoms with E-state index in [2.05, 4.69) is 43.5 Å². The summed E-state index contributed by atoms with van der Waals surface area (Å²) in [5, 5.41) is 64.8. The molecule has 0 saturated carbocycles. The summed E-state index contributed by atoms with van der Waals surface area (Å²) >= 11 is 0. The van der Waals surface area contributed by atoms with Crippen LogP contribution >= 0.6 is 0 Å². The van der Waals surface area contributed by atoms with Gasteiger partial charge >= 0.3 is 0 Å². The summed E-state index contributed by atoms with van der Waals surface area (Å²) in [6, 6.07) is -0.995. The Morgan fingerprint density at radius 2 is 0.797 bits per heavy atom. The van der Waals surface area contributed by atoms with E-state index >= 15 is 0 Å². The highest BCUT2D eigenvalue weighted by molar-refractivity contribution is 5.80. The first-order chi connectivity index (χ1) is 36.3. The summed E-state index contributed by atoms with van der Waals surface area (Å²) in [6.45, 7) is 3.59. The van der Waals surface area contributed by atoms with Crippen molar-refractivity contribution in [1.29, 1.82) is 0 Å². The van der Waals surface area contributed by atoms with Crippen LogP contribution in [-0.2, 0) is 14.3 Å². The summed E-state index contributed by atoms with van der Waals surface area (Å²) in [5.41, 5.74) is 0. The lowest BCUT2D eigenvalue weighted by Gasteiger charge is -2.40. The third kappa shape index (κ3) is 41.5. The van der Waals surface area contributed by atoms with Gasteiger partial charge < -0.3 is 45.4 Å². The van der Waals surface area contributed by atoms with Gasteiger partial charge in [-0.05, 0) is 57.8 Å². The summed E-state index contributed by atoms with van der Waals surface area (Å²) in [6.07, 6.45) is 60.3. The number of hydrogen-bond donors (Lipinski definition) is 7. The topological polar surface area (TPSA) is 169 Å². The van der Waals surface area contributed by atoms with E-state index in [1.807, 2.05) is 6.08 Å². The van der Waals surface area contributed by atoms with Crippen molar-refractivity contribution in [3.8, 4) is 0 Å². The van der Waals surface area contributed by atoms with E-state index in [1.54, 1.807) is 6.08 Å². The summed E-state index contributed by atoms with van der Waals surface area (Å²) in [5.74, 6) is -0.624. The van der Waals surface area contributed by atoms with Crippen LogP contribution in [0.4, 0.5) is 0 Å². The Kier molecular flexibility index (Phi) is 50.8. The first kappa shape index (κ1) is 70.4. The highest BCUT2D eigenvalue weighted by Crippen LogP contribution is 2.23. The molecule has 1 aliphatic heterocycles. The number of amides is 1. The van der Waals surface area contributed by atoms with Crippen LogP contribution in [0.3, 0.4) is 0 Å². The van der Waals surface area contributed by atoms with Gasteiger partial charge in [-0.15, -0.1) is 0 Å². The van der Waals surface area contributed by atoms with Crippen molar-refractivity contribution >= 4 is 5.91 Å². The van der Waals surface area contributed by atoms with Gasteiger partial charge in [-0.25, -0.2) is 0 Å². The molecule has 0 spiro atoms. The van der Waals surface area contributed by atoms with Crippen LogP contribution < -0.4 is 5.32 Å². The van der Waals surface area contributed by atoms with E-state index in [0.717, 1.165) is 32.1 Å². The maximum Gasteiger partial charge on any atom is 0.249 e. The summed E-state index contributed by atoms with van der Waals surface area (Å²) in [7, 11) is 0. The van der Waals surface area contributed by atoms with Gasteiger partial charge in [-0.3, -0.25) is 4.79 Å². The third-order valence-electron chi connectivity index (χ3n) is 15.3. The van der Waals surface area contributed by atoms with Gasteiger partial charge in [0.15, 0.2) is 6.29 Å². The zero-order chi connectivity index (χ0) is 53.8. The first-order valence-electron chi connectivity index (χ1n) is 31.8. The van der Waals surface area contributed by atoms with Crippen molar-refractivity contribution < 1.29 is 44.9 Å². The molecule has 0 radical (unpaired) electrons. The van der Waals surface area contributed by atoms with Gasteiger partial charge in [-0.2, -0.15) is 0 Å². The van der Waals surface area contributed by atoms with E-state index in [0.29, 0.717) is 19.3 Å². The third-order valence-corrected chi connectivity index (χ3v) is 15.3. The molecule has 1 fully saturated rings. The quantitative estimate of drug-likeness (QED) is 0.0232. The van der Waals surface area contributed by atoms with Crippen LogP contribution in [0.1, 0.15) is 303 Å². The number of carbonyl (C=O) groups is 1. The fourth-order valence-electron chi connectivity index (χ4n) is 10.2. The number of hydrogen-bond acceptors (Lipinski definition) is 9. The fourth-order valence-corrected chi connectivity index (χ4v) is 10.2. The van der Waals surface area contributed by atoms with Crippen LogP contribution in [0.25, 0.3) is 0 Å². The Hall–Kier alpha value is -1.63. The smallest absolute Gasteiger partial charge is 0.249 e. The fraction of sp³-hybridized carbons (Fsp3) is 0.891. The Balaban J connectivity index is 2.05. The Bertz CT molecular complexity index is 1280. The molecular weight excluding hydrogens is 927 g/mol. The molecule has 0 aromatic carbocycles. The molecule has 10 heteroatoms. The van der Waals surface area contributed by atoms with Crippen molar-refractivity contribution in [2.24, 2.45) is 0 Å². The second-order valence-corrected chi connectivity index (χ2v) is 22.3. The first-order valence-corrected chi connectivity index (χ1v) is 31.8. The van der Waals surface area contributed by atoms with E-state index in [1.165, 1.54) is 238 Å². The average molecular weight is 1050 g/mol.